The number of methoxy groups -OCH3 is 2. The molecule has 1 aliphatic heterocycles. The average Bonchev–Trinajstić information content (AvgIpc) is 3.74. The molecule has 0 radical (unpaired) electrons. The van der Waals surface area contributed by atoms with Crippen molar-refractivity contribution in [2.75, 3.05) is 57.2 Å². The number of fused-ring (bicyclic) bond motifs is 1. The Kier molecular flexibility index (Phi) is 6.57. The fraction of sp³-hybridized carbons (Fsp3) is 0.407. The smallest absolute Gasteiger partial charge is 0.261 e. The van der Waals surface area contributed by atoms with Gasteiger partial charge in [0.2, 0.25) is 5.43 Å². The van der Waals surface area contributed by atoms with Gasteiger partial charge in [-0.25, -0.2) is 4.39 Å². The molecular formula is C27H31FN4O4. The molecule has 2 aromatic carbocycles. The molecule has 8 nitrogen and oxygen atoms in total. The standard InChI is InChI=1S/C27H31FN4O4/c1-4-30-9-11-31(12-10-30)24-15-23-19(14-21(24)28)26(33)20(16-32(23)17-5-6-17)27(34)29-22-8-7-18(35-2)13-25(22)36-3/h7-8,13-17H,4-6,9-12H2,1-3H3,(H,29,34). The molecule has 5 rings (SSSR count). The Balaban J connectivity index is 1.53. The van der Waals surface area contributed by atoms with Crippen LogP contribution in [0.25, 0.3) is 10.9 Å². The molecule has 0 spiro atoms. The Morgan fingerprint density at radius 3 is 2.47 bits per heavy atom. The van der Waals surface area contributed by atoms with Gasteiger partial charge in [0.15, 0.2) is 0 Å². The molecule has 1 saturated heterocycles. The Labute approximate surface area is 209 Å². The van der Waals surface area contributed by atoms with E-state index in [0.717, 1.165) is 45.6 Å². The summed E-state index contributed by atoms with van der Waals surface area (Å²) in [5.41, 5.74) is 1.06. The molecule has 2 aliphatic rings. The third-order valence-corrected chi connectivity index (χ3v) is 7.10. The highest BCUT2D eigenvalue weighted by atomic mass is 19.1. The van der Waals surface area contributed by atoms with Crippen LogP contribution in [-0.4, -0.2) is 62.3 Å². The number of piperazine rings is 1. The van der Waals surface area contributed by atoms with Crippen molar-refractivity contribution in [2.24, 2.45) is 0 Å². The molecule has 1 amide bonds. The van der Waals surface area contributed by atoms with Gasteiger partial charge in [0.1, 0.15) is 22.9 Å². The van der Waals surface area contributed by atoms with E-state index in [1.165, 1.54) is 20.3 Å². The number of likely N-dealkylation sites (N-methyl/N-ethyl adjacent to an activating group) is 1. The lowest BCUT2D eigenvalue weighted by molar-refractivity contribution is 0.102. The molecule has 1 saturated carbocycles. The Bertz CT molecular complexity index is 1360. The quantitative estimate of drug-likeness (QED) is 0.537. The summed E-state index contributed by atoms with van der Waals surface area (Å²) >= 11 is 0. The summed E-state index contributed by atoms with van der Waals surface area (Å²) in [6.45, 7) is 6.30. The van der Waals surface area contributed by atoms with E-state index in [0.29, 0.717) is 28.4 Å². The summed E-state index contributed by atoms with van der Waals surface area (Å²) in [5.74, 6) is -0.0277. The number of pyridine rings is 1. The van der Waals surface area contributed by atoms with Crippen molar-refractivity contribution in [3.05, 3.63) is 58.1 Å². The van der Waals surface area contributed by atoms with E-state index in [1.807, 2.05) is 9.47 Å². The fourth-order valence-electron chi connectivity index (χ4n) is 4.81. The van der Waals surface area contributed by atoms with Gasteiger partial charge in [-0.1, -0.05) is 6.92 Å². The molecule has 1 aromatic heterocycles. The molecule has 190 valence electrons. The number of ether oxygens (including phenoxy) is 2. The zero-order valence-corrected chi connectivity index (χ0v) is 20.8. The van der Waals surface area contributed by atoms with E-state index in [9.17, 15) is 9.59 Å². The zero-order chi connectivity index (χ0) is 25.4. The number of halogens is 1. The first kappa shape index (κ1) is 24.1. The fourth-order valence-corrected chi connectivity index (χ4v) is 4.81. The van der Waals surface area contributed by atoms with E-state index in [2.05, 4.69) is 17.1 Å². The van der Waals surface area contributed by atoms with Crippen molar-refractivity contribution in [3.63, 3.8) is 0 Å². The molecule has 1 aliphatic carbocycles. The van der Waals surface area contributed by atoms with Crippen molar-refractivity contribution in [3.8, 4) is 11.5 Å². The van der Waals surface area contributed by atoms with Crippen LogP contribution in [0.1, 0.15) is 36.2 Å². The number of carbonyl (C=O) groups is 1. The highest BCUT2D eigenvalue weighted by Crippen LogP contribution is 2.38. The summed E-state index contributed by atoms with van der Waals surface area (Å²) in [7, 11) is 3.03. The van der Waals surface area contributed by atoms with Crippen LogP contribution in [0, 0.1) is 5.82 Å². The van der Waals surface area contributed by atoms with Crippen LogP contribution in [0.5, 0.6) is 11.5 Å². The van der Waals surface area contributed by atoms with Crippen LogP contribution in [0.4, 0.5) is 15.8 Å². The second-order valence-corrected chi connectivity index (χ2v) is 9.27. The lowest BCUT2D eigenvalue weighted by Crippen LogP contribution is -2.46. The van der Waals surface area contributed by atoms with Crippen molar-refractivity contribution >= 4 is 28.2 Å². The minimum Gasteiger partial charge on any atom is -0.497 e. The molecule has 0 bridgehead atoms. The highest BCUT2D eigenvalue weighted by molar-refractivity contribution is 6.06. The first-order valence-corrected chi connectivity index (χ1v) is 12.3. The van der Waals surface area contributed by atoms with E-state index in [-0.39, 0.29) is 17.0 Å². The molecule has 36 heavy (non-hydrogen) atoms. The predicted molar refractivity (Wildman–Crippen MR) is 138 cm³/mol. The van der Waals surface area contributed by atoms with Crippen molar-refractivity contribution < 1.29 is 18.7 Å². The number of carbonyl (C=O) groups excluding carboxylic acids is 1. The van der Waals surface area contributed by atoms with E-state index in [1.54, 1.807) is 30.5 Å². The Morgan fingerprint density at radius 1 is 1.08 bits per heavy atom. The molecule has 0 unspecified atom stereocenters. The minimum absolute atomic E-state index is 0.0315. The molecular weight excluding hydrogens is 463 g/mol. The summed E-state index contributed by atoms with van der Waals surface area (Å²) in [5, 5.41) is 2.98. The number of aromatic nitrogens is 1. The summed E-state index contributed by atoms with van der Waals surface area (Å²) in [4.78, 5) is 31.0. The van der Waals surface area contributed by atoms with Crippen LogP contribution < -0.4 is 25.1 Å². The largest absolute Gasteiger partial charge is 0.497 e. The number of nitrogens with zero attached hydrogens (tertiary/aromatic N) is 3. The highest BCUT2D eigenvalue weighted by Gasteiger charge is 2.29. The predicted octanol–water partition coefficient (Wildman–Crippen LogP) is 3.89. The maximum Gasteiger partial charge on any atom is 0.261 e. The van der Waals surface area contributed by atoms with Gasteiger partial charge in [0.05, 0.1) is 31.1 Å². The lowest BCUT2D eigenvalue weighted by atomic mass is 10.1. The molecule has 9 heteroatoms. The first-order valence-electron chi connectivity index (χ1n) is 12.3. The summed E-state index contributed by atoms with van der Waals surface area (Å²) in [6.07, 6.45) is 3.52. The van der Waals surface area contributed by atoms with Gasteiger partial charge < -0.3 is 29.2 Å². The Morgan fingerprint density at radius 2 is 1.83 bits per heavy atom. The van der Waals surface area contributed by atoms with Gasteiger partial charge in [-0.05, 0) is 43.7 Å². The molecule has 2 heterocycles. The van der Waals surface area contributed by atoms with Gasteiger partial charge in [0.25, 0.3) is 5.91 Å². The summed E-state index contributed by atoms with van der Waals surface area (Å²) in [6, 6.07) is 8.25. The third kappa shape index (κ3) is 4.51. The second-order valence-electron chi connectivity index (χ2n) is 9.27. The van der Waals surface area contributed by atoms with Crippen molar-refractivity contribution in [2.45, 2.75) is 25.8 Å². The number of anilines is 2. The normalized spacial score (nSPS) is 16.3. The number of benzene rings is 2. The van der Waals surface area contributed by atoms with E-state index < -0.39 is 17.2 Å². The monoisotopic (exact) mass is 494 g/mol. The minimum atomic E-state index is -0.570. The van der Waals surface area contributed by atoms with Crippen LogP contribution in [0.2, 0.25) is 0 Å². The molecule has 1 N–H and O–H groups in total. The van der Waals surface area contributed by atoms with Crippen LogP contribution >= 0.6 is 0 Å². The van der Waals surface area contributed by atoms with Crippen LogP contribution in [-0.2, 0) is 0 Å². The van der Waals surface area contributed by atoms with Gasteiger partial charge in [-0.15, -0.1) is 0 Å². The Hall–Kier alpha value is -3.59. The topological polar surface area (TPSA) is 76.0 Å². The van der Waals surface area contributed by atoms with Crippen LogP contribution in [0.3, 0.4) is 0 Å². The molecule has 3 aromatic rings. The van der Waals surface area contributed by atoms with Crippen molar-refractivity contribution in [1.29, 1.82) is 0 Å². The van der Waals surface area contributed by atoms with Gasteiger partial charge in [-0.3, -0.25) is 9.59 Å². The maximum atomic E-state index is 15.3. The first-order chi connectivity index (χ1) is 17.4. The number of nitrogens with one attached hydrogen (secondary N) is 1. The number of amides is 1. The van der Waals surface area contributed by atoms with Gasteiger partial charge >= 0.3 is 0 Å². The number of hydrogen-bond acceptors (Lipinski definition) is 6. The van der Waals surface area contributed by atoms with E-state index in [4.69, 9.17) is 9.47 Å². The van der Waals surface area contributed by atoms with Crippen molar-refractivity contribution in [1.82, 2.24) is 9.47 Å². The lowest BCUT2D eigenvalue weighted by Gasteiger charge is -2.35. The zero-order valence-electron chi connectivity index (χ0n) is 20.8. The number of hydrogen-bond donors (Lipinski definition) is 1. The average molecular weight is 495 g/mol. The second kappa shape index (κ2) is 9.81. The van der Waals surface area contributed by atoms with E-state index >= 15 is 4.39 Å². The van der Waals surface area contributed by atoms with Crippen LogP contribution in [0.15, 0.2) is 41.3 Å². The molecule has 0 atom stereocenters. The van der Waals surface area contributed by atoms with Gasteiger partial charge in [0, 0.05) is 49.9 Å². The maximum absolute atomic E-state index is 15.3. The molecule has 2 fully saturated rings. The SMILES string of the molecule is CCN1CCN(c2cc3c(cc2F)c(=O)c(C(=O)Nc2ccc(OC)cc2OC)cn3C2CC2)CC1. The summed E-state index contributed by atoms with van der Waals surface area (Å²) < 4.78 is 27.9. The number of rotatable bonds is 7. The third-order valence-electron chi connectivity index (χ3n) is 7.10. The van der Waals surface area contributed by atoms with Gasteiger partial charge in [-0.2, -0.15) is 0 Å².